The number of hydrogen-bond acceptors (Lipinski definition) is 5. The van der Waals surface area contributed by atoms with Crippen LogP contribution in [0.25, 0.3) is 0 Å². The monoisotopic (exact) mass is 266 g/mol. The van der Waals surface area contributed by atoms with Gasteiger partial charge in [-0.2, -0.15) is 0 Å². The van der Waals surface area contributed by atoms with E-state index in [9.17, 15) is 0 Å². The van der Waals surface area contributed by atoms with Crippen LogP contribution in [0.3, 0.4) is 0 Å². The average molecular weight is 266 g/mol. The minimum absolute atomic E-state index is 0.564. The number of piperazine rings is 1. The highest BCUT2D eigenvalue weighted by molar-refractivity contribution is 5.16. The van der Waals surface area contributed by atoms with Crippen molar-refractivity contribution in [3.8, 4) is 0 Å². The van der Waals surface area contributed by atoms with E-state index in [1.807, 2.05) is 6.07 Å². The van der Waals surface area contributed by atoms with Crippen molar-refractivity contribution in [2.24, 2.45) is 5.73 Å². The van der Waals surface area contributed by atoms with Crippen LogP contribution in [0.4, 0.5) is 0 Å². The van der Waals surface area contributed by atoms with E-state index in [4.69, 9.17) is 10.2 Å². The highest BCUT2D eigenvalue weighted by Crippen LogP contribution is 2.14. The quantitative estimate of drug-likeness (QED) is 0.808. The molecule has 2 rings (SSSR count). The molecular formula is C14H26N4O. The Balaban J connectivity index is 1.74. The van der Waals surface area contributed by atoms with E-state index in [1.54, 1.807) is 6.26 Å². The van der Waals surface area contributed by atoms with Crippen molar-refractivity contribution in [2.75, 3.05) is 53.4 Å². The van der Waals surface area contributed by atoms with E-state index in [2.05, 4.69) is 28.8 Å². The molecule has 0 aliphatic carbocycles. The van der Waals surface area contributed by atoms with Crippen LogP contribution in [0.5, 0.6) is 0 Å². The number of furan rings is 1. The van der Waals surface area contributed by atoms with Gasteiger partial charge < -0.3 is 15.1 Å². The van der Waals surface area contributed by atoms with Crippen LogP contribution in [0.1, 0.15) is 11.3 Å². The Morgan fingerprint density at radius 3 is 2.53 bits per heavy atom. The van der Waals surface area contributed by atoms with Gasteiger partial charge in [-0.15, -0.1) is 0 Å². The Morgan fingerprint density at radius 1 is 1.21 bits per heavy atom. The SMILES string of the molecule is CN(C)CCN1CCN(Cc2occc2CN)CC1. The van der Waals surface area contributed by atoms with Crippen molar-refractivity contribution in [1.82, 2.24) is 14.7 Å². The molecule has 0 saturated carbocycles. The van der Waals surface area contributed by atoms with Crippen LogP contribution < -0.4 is 5.73 Å². The van der Waals surface area contributed by atoms with Gasteiger partial charge in [-0.1, -0.05) is 0 Å². The van der Waals surface area contributed by atoms with Gasteiger partial charge in [0, 0.05) is 51.4 Å². The summed E-state index contributed by atoms with van der Waals surface area (Å²) in [5, 5.41) is 0. The molecule has 19 heavy (non-hydrogen) atoms. The van der Waals surface area contributed by atoms with E-state index in [0.717, 1.165) is 57.1 Å². The van der Waals surface area contributed by atoms with Gasteiger partial charge in [-0.3, -0.25) is 9.80 Å². The summed E-state index contributed by atoms with van der Waals surface area (Å²) in [6.45, 7) is 8.26. The van der Waals surface area contributed by atoms with Gasteiger partial charge in [-0.05, 0) is 20.2 Å². The van der Waals surface area contributed by atoms with Gasteiger partial charge in [0.1, 0.15) is 5.76 Å². The Bertz CT molecular complexity index is 369. The van der Waals surface area contributed by atoms with Crippen molar-refractivity contribution in [3.05, 3.63) is 23.7 Å². The lowest BCUT2D eigenvalue weighted by molar-refractivity contribution is 0.114. The highest BCUT2D eigenvalue weighted by atomic mass is 16.3. The molecule has 0 bridgehead atoms. The van der Waals surface area contributed by atoms with Crippen molar-refractivity contribution < 1.29 is 4.42 Å². The van der Waals surface area contributed by atoms with E-state index in [-0.39, 0.29) is 0 Å². The summed E-state index contributed by atoms with van der Waals surface area (Å²) in [4.78, 5) is 7.22. The Hall–Kier alpha value is -0.880. The number of nitrogens with zero attached hydrogens (tertiary/aromatic N) is 3. The Morgan fingerprint density at radius 2 is 1.89 bits per heavy atom. The van der Waals surface area contributed by atoms with Crippen LogP contribution in [-0.4, -0.2) is 68.1 Å². The zero-order valence-electron chi connectivity index (χ0n) is 12.1. The first-order chi connectivity index (χ1) is 9.19. The fourth-order valence-electron chi connectivity index (χ4n) is 2.40. The summed E-state index contributed by atoms with van der Waals surface area (Å²) in [5.41, 5.74) is 6.83. The molecule has 2 heterocycles. The molecule has 1 saturated heterocycles. The van der Waals surface area contributed by atoms with E-state index < -0.39 is 0 Å². The normalized spacial score (nSPS) is 18.3. The van der Waals surface area contributed by atoms with Gasteiger partial charge in [0.05, 0.1) is 12.8 Å². The van der Waals surface area contributed by atoms with Crippen LogP contribution >= 0.6 is 0 Å². The summed E-state index contributed by atoms with van der Waals surface area (Å²) in [7, 11) is 4.25. The zero-order chi connectivity index (χ0) is 13.7. The predicted octanol–water partition coefficient (Wildman–Crippen LogP) is 0.418. The number of hydrogen-bond donors (Lipinski definition) is 1. The summed E-state index contributed by atoms with van der Waals surface area (Å²) >= 11 is 0. The molecule has 1 aliphatic heterocycles. The third-order valence-corrected chi connectivity index (χ3v) is 3.75. The minimum Gasteiger partial charge on any atom is -0.468 e. The van der Waals surface area contributed by atoms with Crippen LogP contribution in [0.2, 0.25) is 0 Å². The fraction of sp³-hybridized carbons (Fsp3) is 0.714. The molecule has 5 nitrogen and oxygen atoms in total. The maximum absolute atomic E-state index is 5.70. The first-order valence-electron chi connectivity index (χ1n) is 7.04. The van der Waals surface area contributed by atoms with E-state index >= 15 is 0 Å². The smallest absolute Gasteiger partial charge is 0.122 e. The Kier molecular flexibility index (Phi) is 5.39. The topological polar surface area (TPSA) is 48.9 Å². The molecular weight excluding hydrogens is 240 g/mol. The largest absolute Gasteiger partial charge is 0.468 e. The third kappa shape index (κ3) is 4.31. The number of nitrogens with two attached hydrogens (primary N) is 1. The molecule has 2 N–H and O–H groups in total. The lowest BCUT2D eigenvalue weighted by Crippen LogP contribution is -2.47. The van der Waals surface area contributed by atoms with Gasteiger partial charge >= 0.3 is 0 Å². The summed E-state index contributed by atoms with van der Waals surface area (Å²) in [6.07, 6.45) is 1.74. The van der Waals surface area contributed by atoms with Crippen molar-refractivity contribution in [3.63, 3.8) is 0 Å². The van der Waals surface area contributed by atoms with Crippen LogP contribution in [0.15, 0.2) is 16.7 Å². The van der Waals surface area contributed by atoms with Gasteiger partial charge in [-0.25, -0.2) is 0 Å². The zero-order valence-corrected chi connectivity index (χ0v) is 12.1. The second kappa shape index (κ2) is 7.05. The third-order valence-electron chi connectivity index (χ3n) is 3.75. The average Bonchev–Trinajstić information content (AvgIpc) is 2.85. The molecule has 1 aromatic heterocycles. The van der Waals surface area contributed by atoms with Crippen molar-refractivity contribution in [1.29, 1.82) is 0 Å². The molecule has 0 atom stereocenters. The van der Waals surface area contributed by atoms with Gasteiger partial charge in [0.15, 0.2) is 0 Å². The standard InChI is InChI=1S/C14H26N4O/c1-16(2)4-5-17-6-8-18(9-7-17)12-14-13(11-15)3-10-19-14/h3,10H,4-9,11-12,15H2,1-2H3. The Labute approximate surface area is 115 Å². The van der Waals surface area contributed by atoms with E-state index in [1.165, 1.54) is 0 Å². The predicted molar refractivity (Wildman–Crippen MR) is 76.9 cm³/mol. The van der Waals surface area contributed by atoms with E-state index in [0.29, 0.717) is 6.54 Å². The lowest BCUT2D eigenvalue weighted by atomic mass is 10.2. The van der Waals surface area contributed by atoms with Gasteiger partial charge in [0.25, 0.3) is 0 Å². The maximum Gasteiger partial charge on any atom is 0.122 e. The van der Waals surface area contributed by atoms with Crippen molar-refractivity contribution in [2.45, 2.75) is 13.1 Å². The summed E-state index contributed by atoms with van der Waals surface area (Å²) in [6, 6.07) is 1.97. The molecule has 0 radical (unpaired) electrons. The molecule has 1 aliphatic rings. The van der Waals surface area contributed by atoms with Crippen molar-refractivity contribution >= 4 is 0 Å². The second-order valence-corrected chi connectivity index (χ2v) is 5.49. The molecule has 0 aromatic carbocycles. The highest BCUT2D eigenvalue weighted by Gasteiger charge is 2.18. The molecule has 108 valence electrons. The number of likely N-dealkylation sites (N-methyl/N-ethyl adjacent to an activating group) is 1. The summed E-state index contributed by atoms with van der Waals surface area (Å²) in [5.74, 6) is 1.03. The molecule has 0 amide bonds. The number of rotatable bonds is 6. The lowest BCUT2D eigenvalue weighted by Gasteiger charge is -2.34. The maximum atomic E-state index is 5.70. The summed E-state index contributed by atoms with van der Waals surface area (Å²) < 4.78 is 5.52. The second-order valence-electron chi connectivity index (χ2n) is 5.49. The molecule has 1 aromatic rings. The van der Waals surface area contributed by atoms with Crippen LogP contribution in [-0.2, 0) is 13.1 Å². The minimum atomic E-state index is 0.564. The molecule has 0 unspecified atom stereocenters. The fourth-order valence-corrected chi connectivity index (χ4v) is 2.40. The van der Waals surface area contributed by atoms with Gasteiger partial charge in [0.2, 0.25) is 0 Å². The molecule has 0 spiro atoms. The first-order valence-corrected chi connectivity index (χ1v) is 7.04. The molecule has 5 heteroatoms. The first kappa shape index (κ1) is 14.5. The molecule has 1 fully saturated rings. The van der Waals surface area contributed by atoms with Crippen LogP contribution in [0, 0.1) is 0 Å².